The van der Waals surface area contributed by atoms with Crippen molar-refractivity contribution in [3.8, 4) is 5.75 Å². The standard InChI is InChI=1S/C18H28FN3O2/c1-3-21-10-12-22(13-11-21)9-5-4-8-20-18(23)15-6-7-17(24-2)16(19)14-15/h6-7,14H,3-5,8-13H2,1-2H3,(H,20,23). The number of unbranched alkanes of at least 4 members (excludes halogenated alkanes) is 1. The van der Waals surface area contributed by atoms with Gasteiger partial charge in [-0.05, 0) is 44.1 Å². The molecule has 1 aliphatic heterocycles. The van der Waals surface area contributed by atoms with Gasteiger partial charge in [0.25, 0.3) is 5.91 Å². The van der Waals surface area contributed by atoms with Gasteiger partial charge in [0.1, 0.15) is 0 Å². The third-order valence-corrected chi connectivity index (χ3v) is 4.51. The number of carbonyl (C=O) groups excluding carboxylic acids is 1. The Balaban J connectivity index is 1.62. The number of piperazine rings is 1. The van der Waals surface area contributed by atoms with Crippen LogP contribution in [0.5, 0.6) is 5.75 Å². The molecule has 0 unspecified atom stereocenters. The van der Waals surface area contributed by atoms with Crippen molar-refractivity contribution < 1.29 is 13.9 Å². The molecule has 0 bridgehead atoms. The molecule has 1 aromatic carbocycles. The largest absolute Gasteiger partial charge is 0.494 e. The zero-order valence-electron chi connectivity index (χ0n) is 14.7. The van der Waals surface area contributed by atoms with Gasteiger partial charge in [-0.3, -0.25) is 4.79 Å². The summed E-state index contributed by atoms with van der Waals surface area (Å²) in [6.07, 6.45) is 1.99. The van der Waals surface area contributed by atoms with Crippen LogP contribution in [0.15, 0.2) is 18.2 Å². The van der Waals surface area contributed by atoms with Crippen molar-refractivity contribution >= 4 is 5.91 Å². The Morgan fingerprint density at radius 3 is 2.54 bits per heavy atom. The smallest absolute Gasteiger partial charge is 0.251 e. The van der Waals surface area contributed by atoms with Crippen molar-refractivity contribution in [2.75, 3.05) is 52.9 Å². The van der Waals surface area contributed by atoms with Gasteiger partial charge in [-0.25, -0.2) is 4.39 Å². The second-order valence-electron chi connectivity index (χ2n) is 6.09. The molecule has 5 nitrogen and oxygen atoms in total. The first kappa shape index (κ1) is 18.7. The fourth-order valence-electron chi connectivity index (χ4n) is 2.90. The normalized spacial score (nSPS) is 16.1. The number of hydrogen-bond acceptors (Lipinski definition) is 4. The van der Waals surface area contributed by atoms with Crippen LogP contribution in [0.2, 0.25) is 0 Å². The second-order valence-corrected chi connectivity index (χ2v) is 6.09. The van der Waals surface area contributed by atoms with Crippen molar-refractivity contribution in [3.05, 3.63) is 29.6 Å². The van der Waals surface area contributed by atoms with Crippen LogP contribution in [0.4, 0.5) is 4.39 Å². The molecule has 0 spiro atoms. The van der Waals surface area contributed by atoms with Gasteiger partial charge in [0, 0.05) is 38.3 Å². The van der Waals surface area contributed by atoms with Gasteiger partial charge in [-0.15, -0.1) is 0 Å². The van der Waals surface area contributed by atoms with Crippen LogP contribution < -0.4 is 10.1 Å². The van der Waals surface area contributed by atoms with E-state index < -0.39 is 5.82 Å². The van der Waals surface area contributed by atoms with E-state index in [1.54, 1.807) is 6.07 Å². The Morgan fingerprint density at radius 1 is 1.21 bits per heavy atom. The fraction of sp³-hybridized carbons (Fsp3) is 0.611. The molecule has 1 heterocycles. The molecule has 0 atom stereocenters. The summed E-state index contributed by atoms with van der Waals surface area (Å²) in [6, 6.07) is 4.26. The van der Waals surface area contributed by atoms with E-state index in [-0.39, 0.29) is 11.7 Å². The molecule has 134 valence electrons. The fourth-order valence-corrected chi connectivity index (χ4v) is 2.90. The van der Waals surface area contributed by atoms with E-state index in [1.807, 2.05) is 0 Å². The number of ether oxygens (including phenoxy) is 1. The number of nitrogens with one attached hydrogen (secondary N) is 1. The number of carbonyl (C=O) groups is 1. The number of amides is 1. The van der Waals surface area contributed by atoms with Gasteiger partial charge >= 0.3 is 0 Å². The Labute approximate surface area is 143 Å². The van der Waals surface area contributed by atoms with Crippen molar-refractivity contribution in [3.63, 3.8) is 0 Å². The van der Waals surface area contributed by atoms with Crippen LogP contribution in [0, 0.1) is 5.82 Å². The Kier molecular flexibility index (Phi) is 7.46. The molecule has 1 aliphatic rings. The number of nitrogens with zero attached hydrogens (tertiary/aromatic N) is 2. The summed E-state index contributed by atoms with van der Waals surface area (Å²) in [4.78, 5) is 16.9. The lowest BCUT2D eigenvalue weighted by Gasteiger charge is -2.33. The maximum atomic E-state index is 13.6. The maximum absolute atomic E-state index is 13.6. The first-order valence-electron chi connectivity index (χ1n) is 8.70. The number of halogens is 1. The lowest BCUT2D eigenvalue weighted by molar-refractivity contribution is 0.0951. The van der Waals surface area contributed by atoms with Crippen molar-refractivity contribution in [1.29, 1.82) is 0 Å². The van der Waals surface area contributed by atoms with Gasteiger partial charge < -0.3 is 19.9 Å². The average Bonchev–Trinajstić information content (AvgIpc) is 2.61. The molecule has 1 fully saturated rings. The first-order valence-corrected chi connectivity index (χ1v) is 8.70. The van der Waals surface area contributed by atoms with E-state index in [4.69, 9.17) is 4.74 Å². The number of rotatable bonds is 8. The third-order valence-electron chi connectivity index (χ3n) is 4.51. The minimum Gasteiger partial charge on any atom is -0.494 e. The molecule has 6 heteroatoms. The first-order chi connectivity index (χ1) is 11.6. The summed E-state index contributed by atoms with van der Waals surface area (Å²) in [7, 11) is 1.40. The van der Waals surface area contributed by atoms with Crippen LogP contribution in [0.1, 0.15) is 30.1 Å². The van der Waals surface area contributed by atoms with E-state index >= 15 is 0 Å². The molecule has 0 saturated carbocycles. The number of hydrogen-bond donors (Lipinski definition) is 1. The molecule has 1 saturated heterocycles. The van der Waals surface area contributed by atoms with Gasteiger partial charge in [-0.1, -0.05) is 6.92 Å². The zero-order chi connectivity index (χ0) is 17.4. The molecular weight excluding hydrogens is 309 g/mol. The summed E-state index contributed by atoms with van der Waals surface area (Å²) < 4.78 is 18.4. The Morgan fingerprint density at radius 2 is 1.92 bits per heavy atom. The van der Waals surface area contributed by atoms with Crippen LogP contribution in [0.3, 0.4) is 0 Å². The predicted octanol–water partition coefficient (Wildman–Crippen LogP) is 1.98. The minimum atomic E-state index is -0.517. The highest BCUT2D eigenvalue weighted by molar-refractivity contribution is 5.94. The molecule has 0 aromatic heterocycles. The number of likely N-dealkylation sites (N-methyl/N-ethyl adjacent to an activating group) is 1. The highest BCUT2D eigenvalue weighted by atomic mass is 19.1. The molecular formula is C18H28FN3O2. The number of methoxy groups -OCH3 is 1. The molecule has 0 radical (unpaired) electrons. The minimum absolute atomic E-state index is 0.148. The van der Waals surface area contributed by atoms with E-state index in [0.717, 1.165) is 52.1 Å². The molecule has 2 rings (SSSR count). The van der Waals surface area contributed by atoms with E-state index in [0.29, 0.717) is 12.1 Å². The van der Waals surface area contributed by atoms with Crippen molar-refractivity contribution in [2.45, 2.75) is 19.8 Å². The topological polar surface area (TPSA) is 44.8 Å². The van der Waals surface area contributed by atoms with E-state index in [9.17, 15) is 9.18 Å². The quantitative estimate of drug-likeness (QED) is 0.737. The SMILES string of the molecule is CCN1CCN(CCCCNC(=O)c2ccc(OC)c(F)c2)CC1. The summed E-state index contributed by atoms with van der Waals surface area (Å²) in [5.74, 6) is -0.612. The number of benzene rings is 1. The predicted molar refractivity (Wildman–Crippen MR) is 93.1 cm³/mol. The maximum Gasteiger partial charge on any atom is 0.251 e. The van der Waals surface area contributed by atoms with Gasteiger partial charge in [0.2, 0.25) is 0 Å². The second kappa shape index (κ2) is 9.59. The molecule has 1 amide bonds. The van der Waals surface area contributed by atoms with Crippen molar-refractivity contribution in [2.24, 2.45) is 0 Å². The molecule has 1 aromatic rings. The summed E-state index contributed by atoms with van der Waals surface area (Å²) in [6.45, 7) is 9.58. The van der Waals surface area contributed by atoms with Crippen LogP contribution in [-0.4, -0.2) is 68.6 Å². The third kappa shape index (κ3) is 5.46. The Hall–Kier alpha value is -1.66. The van der Waals surface area contributed by atoms with E-state index in [1.165, 1.54) is 19.2 Å². The monoisotopic (exact) mass is 337 g/mol. The Bertz CT molecular complexity index is 531. The molecule has 1 N–H and O–H groups in total. The lowest BCUT2D eigenvalue weighted by atomic mass is 10.2. The van der Waals surface area contributed by atoms with Crippen molar-refractivity contribution in [1.82, 2.24) is 15.1 Å². The van der Waals surface area contributed by atoms with E-state index in [2.05, 4.69) is 22.0 Å². The summed E-state index contributed by atoms with van der Waals surface area (Å²) >= 11 is 0. The van der Waals surface area contributed by atoms with Gasteiger partial charge in [-0.2, -0.15) is 0 Å². The summed E-state index contributed by atoms with van der Waals surface area (Å²) in [5.41, 5.74) is 0.323. The van der Waals surface area contributed by atoms with Crippen LogP contribution >= 0.6 is 0 Å². The molecule has 0 aliphatic carbocycles. The zero-order valence-corrected chi connectivity index (χ0v) is 14.7. The van der Waals surface area contributed by atoms with Crippen LogP contribution in [-0.2, 0) is 0 Å². The van der Waals surface area contributed by atoms with Gasteiger partial charge in [0.15, 0.2) is 11.6 Å². The highest BCUT2D eigenvalue weighted by Crippen LogP contribution is 2.17. The highest BCUT2D eigenvalue weighted by Gasteiger charge is 2.14. The van der Waals surface area contributed by atoms with Gasteiger partial charge in [0.05, 0.1) is 7.11 Å². The average molecular weight is 337 g/mol. The van der Waals surface area contributed by atoms with Crippen LogP contribution in [0.25, 0.3) is 0 Å². The molecule has 24 heavy (non-hydrogen) atoms. The summed E-state index contributed by atoms with van der Waals surface area (Å²) in [5, 5.41) is 2.84. The lowest BCUT2D eigenvalue weighted by Crippen LogP contribution is -2.46.